The molecule has 0 aliphatic heterocycles. The highest BCUT2D eigenvalue weighted by molar-refractivity contribution is 5.76. The molecule has 0 spiro atoms. The maximum atomic E-state index is 9.53. The Balaban J connectivity index is 0.000000268. The molecule has 0 radical (unpaired) electrons. The molecule has 4 heteroatoms. The number of fused-ring (bicyclic) bond motifs is 1. The molecule has 0 saturated heterocycles. The Kier molecular flexibility index (Phi) is 6.29. The highest BCUT2D eigenvalue weighted by atomic mass is 16.3. The lowest BCUT2D eigenvalue weighted by atomic mass is 10.0. The van der Waals surface area contributed by atoms with Crippen LogP contribution in [0.2, 0.25) is 0 Å². The highest BCUT2D eigenvalue weighted by Gasteiger charge is 2.20. The van der Waals surface area contributed by atoms with Crippen molar-refractivity contribution in [2.24, 2.45) is 0 Å². The Morgan fingerprint density at radius 1 is 1.09 bits per heavy atom. The van der Waals surface area contributed by atoms with E-state index in [1.54, 1.807) is 36.4 Å². The van der Waals surface area contributed by atoms with Gasteiger partial charge < -0.3 is 10.0 Å². The monoisotopic (exact) mass is 311 g/mol. The molecule has 0 unspecified atom stereocenters. The lowest BCUT2D eigenvalue weighted by Gasteiger charge is -2.11. The zero-order valence-electron chi connectivity index (χ0n) is 14.2. The van der Waals surface area contributed by atoms with Crippen molar-refractivity contribution in [1.82, 2.24) is 14.9 Å². The van der Waals surface area contributed by atoms with Crippen molar-refractivity contribution < 1.29 is 5.11 Å². The number of phenols is 1. The van der Waals surface area contributed by atoms with Gasteiger partial charge in [-0.1, -0.05) is 18.6 Å². The molecule has 1 aliphatic rings. The van der Waals surface area contributed by atoms with E-state index >= 15 is 0 Å². The standard InChI is InChI=1S/C15H21NO.C4H4N2/c1-4-14-11(7-8-16(2)3)9-12-10-13(17)5-6-15(12)14;1-2-6-4-3-5-1/h5-6,10,17H,4,7-9H2,1-3H3;1-4H. The van der Waals surface area contributed by atoms with Crippen LogP contribution in [0.25, 0.3) is 5.57 Å². The molecule has 0 amide bonds. The maximum absolute atomic E-state index is 9.53. The van der Waals surface area contributed by atoms with Crippen LogP contribution in [0.1, 0.15) is 30.9 Å². The smallest absolute Gasteiger partial charge is 0.115 e. The van der Waals surface area contributed by atoms with Gasteiger partial charge in [-0.25, -0.2) is 0 Å². The topological polar surface area (TPSA) is 49.2 Å². The molecule has 1 heterocycles. The molecule has 1 N–H and O–H groups in total. The largest absolute Gasteiger partial charge is 0.508 e. The van der Waals surface area contributed by atoms with Crippen molar-refractivity contribution in [3.8, 4) is 5.75 Å². The normalized spacial score (nSPS) is 12.9. The number of nitrogens with zero attached hydrogens (tertiary/aromatic N) is 3. The van der Waals surface area contributed by atoms with Crippen LogP contribution in [0.5, 0.6) is 5.75 Å². The number of hydrogen-bond acceptors (Lipinski definition) is 4. The molecule has 0 bridgehead atoms. The minimum Gasteiger partial charge on any atom is -0.508 e. The van der Waals surface area contributed by atoms with Gasteiger partial charge in [-0.2, -0.15) is 0 Å². The number of aromatic hydroxyl groups is 1. The van der Waals surface area contributed by atoms with Crippen molar-refractivity contribution in [2.75, 3.05) is 20.6 Å². The summed E-state index contributed by atoms with van der Waals surface area (Å²) >= 11 is 0. The Morgan fingerprint density at radius 3 is 2.26 bits per heavy atom. The average molecular weight is 311 g/mol. The first kappa shape index (κ1) is 17.2. The third kappa shape index (κ3) is 4.89. The fourth-order valence-electron chi connectivity index (χ4n) is 2.84. The molecular formula is C19H25N3O. The van der Waals surface area contributed by atoms with Crippen LogP contribution in [0.4, 0.5) is 0 Å². The molecule has 4 nitrogen and oxygen atoms in total. The second-order valence-corrected chi connectivity index (χ2v) is 5.90. The van der Waals surface area contributed by atoms with E-state index < -0.39 is 0 Å². The van der Waals surface area contributed by atoms with Gasteiger partial charge in [0.15, 0.2) is 0 Å². The number of allylic oxidation sites excluding steroid dienone is 1. The van der Waals surface area contributed by atoms with Gasteiger partial charge in [-0.3, -0.25) is 9.97 Å². The predicted molar refractivity (Wildman–Crippen MR) is 94.2 cm³/mol. The van der Waals surface area contributed by atoms with E-state index in [0.29, 0.717) is 5.75 Å². The van der Waals surface area contributed by atoms with E-state index in [1.807, 2.05) is 6.07 Å². The first-order chi connectivity index (χ1) is 11.1. The Bertz CT molecular complexity index is 624. The van der Waals surface area contributed by atoms with Crippen LogP contribution < -0.4 is 0 Å². The lowest BCUT2D eigenvalue weighted by molar-refractivity contribution is 0.412. The van der Waals surface area contributed by atoms with Crippen molar-refractivity contribution >= 4 is 5.57 Å². The van der Waals surface area contributed by atoms with E-state index in [0.717, 1.165) is 25.8 Å². The zero-order valence-corrected chi connectivity index (χ0v) is 14.2. The van der Waals surface area contributed by atoms with Crippen LogP contribution in [0.15, 0.2) is 48.6 Å². The fraction of sp³-hybridized carbons (Fsp3) is 0.368. The molecule has 1 aromatic heterocycles. The summed E-state index contributed by atoms with van der Waals surface area (Å²) in [6.45, 7) is 3.31. The van der Waals surface area contributed by atoms with Crippen LogP contribution in [0.3, 0.4) is 0 Å². The molecular weight excluding hydrogens is 286 g/mol. The Hall–Kier alpha value is -2.20. The maximum Gasteiger partial charge on any atom is 0.115 e. The van der Waals surface area contributed by atoms with Gasteiger partial charge in [0.25, 0.3) is 0 Å². The molecule has 0 fully saturated rings. The SMILES string of the molecule is CCC1=C(CCN(C)C)Cc2cc(O)ccc21.c1cnccn1. The first-order valence-corrected chi connectivity index (χ1v) is 7.99. The average Bonchev–Trinajstić information content (AvgIpc) is 2.91. The third-order valence-electron chi connectivity index (χ3n) is 3.94. The molecule has 0 atom stereocenters. The Morgan fingerprint density at radius 2 is 1.74 bits per heavy atom. The van der Waals surface area contributed by atoms with Crippen LogP contribution in [0, 0.1) is 0 Å². The van der Waals surface area contributed by atoms with Gasteiger partial charge in [0.1, 0.15) is 5.75 Å². The summed E-state index contributed by atoms with van der Waals surface area (Å²) in [7, 11) is 4.22. The fourth-order valence-corrected chi connectivity index (χ4v) is 2.84. The molecule has 23 heavy (non-hydrogen) atoms. The van der Waals surface area contributed by atoms with E-state index in [4.69, 9.17) is 0 Å². The number of phenolic OH excluding ortho intramolecular Hbond substituents is 1. The predicted octanol–water partition coefficient (Wildman–Crippen LogP) is 3.54. The van der Waals surface area contributed by atoms with Crippen LogP contribution in [-0.2, 0) is 6.42 Å². The minimum absolute atomic E-state index is 0.382. The molecule has 2 aromatic rings. The van der Waals surface area contributed by atoms with Crippen molar-refractivity contribution in [3.05, 3.63) is 59.7 Å². The van der Waals surface area contributed by atoms with Gasteiger partial charge in [-0.05, 0) is 62.2 Å². The van der Waals surface area contributed by atoms with Gasteiger partial charge in [0, 0.05) is 31.3 Å². The second kappa shape index (κ2) is 8.44. The van der Waals surface area contributed by atoms with Gasteiger partial charge >= 0.3 is 0 Å². The van der Waals surface area contributed by atoms with Crippen molar-refractivity contribution in [2.45, 2.75) is 26.2 Å². The van der Waals surface area contributed by atoms with Gasteiger partial charge in [0.05, 0.1) is 0 Å². The molecule has 3 rings (SSSR count). The Labute approximate surface area is 138 Å². The van der Waals surface area contributed by atoms with Crippen molar-refractivity contribution in [3.63, 3.8) is 0 Å². The van der Waals surface area contributed by atoms with Crippen LogP contribution in [-0.4, -0.2) is 40.6 Å². The second-order valence-electron chi connectivity index (χ2n) is 5.90. The summed E-state index contributed by atoms with van der Waals surface area (Å²) in [6.07, 6.45) is 9.78. The molecule has 0 saturated carbocycles. The number of aromatic nitrogens is 2. The summed E-state index contributed by atoms with van der Waals surface area (Å²) in [5.41, 5.74) is 5.67. The number of benzene rings is 1. The highest BCUT2D eigenvalue weighted by Crippen LogP contribution is 2.37. The van der Waals surface area contributed by atoms with E-state index in [9.17, 15) is 5.11 Å². The van der Waals surface area contributed by atoms with Gasteiger partial charge in [-0.15, -0.1) is 0 Å². The summed E-state index contributed by atoms with van der Waals surface area (Å²) in [5, 5.41) is 9.53. The summed E-state index contributed by atoms with van der Waals surface area (Å²) in [6, 6.07) is 5.77. The molecule has 1 aromatic carbocycles. The zero-order chi connectivity index (χ0) is 16.7. The van der Waals surface area contributed by atoms with E-state index in [2.05, 4.69) is 42.0 Å². The van der Waals surface area contributed by atoms with E-state index in [-0.39, 0.29) is 0 Å². The number of hydrogen-bond donors (Lipinski definition) is 1. The first-order valence-electron chi connectivity index (χ1n) is 7.99. The summed E-state index contributed by atoms with van der Waals surface area (Å²) in [5.74, 6) is 0.382. The minimum atomic E-state index is 0.382. The van der Waals surface area contributed by atoms with Crippen LogP contribution >= 0.6 is 0 Å². The van der Waals surface area contributed by atoms with Crippen molar-refractivity contribution in [1.29, 1.82) is 0 Å². The summed E-state index contributed by atoms with van der Waals surface area (Å²) in [4.78, 5) is 9.67. The number of rotatable bonds is 4. The molecule has 122 valence electrons. The lowest BCUT2D eigenvalue weighted by Crippen LogP contribution is -2.13. The molecule has 1 aliphatic carbocycles. The third-order valence-corrected chi connectivity index (χ3v) is 3.94. The quantitative estimate of drug-likeness (QED) is 0.938. The van der Waals surface area contributed by atoms with Gasteiger partial charge in [0.2, 0.25) is 0 Å². The van der Waals surface area contributed by atoms with E-state index in [1.165, 1.54) is 16.7 Å². The summed E-state index contributed by atoms with van der Waals surface area (Å²) < 4.78 is 0.